The normalized spacial score (nSPS) is 13.3. The van der Waals surface area contributed by atoms with Crippen LogP contribution in [0, 0.1) is 19.0 Å². The summed E-state index contributed by atoms with van der Waals surface area (Å²) in [5.41, 5.74) is 9.85. The molecule has 0 aliphatic carbocycles. The molecule has 63 heavy (non-hydrogen) atoms. The van der Waals surface area contributed by atoms with Gasteiger partial charge in [0.25, 0.3) is 0 Å². The van der Waals surface area contributed by atoms with E-state index in [1.54, 1.807) is 12.1 Å². The molecule has 0 aliphatic rings. The summed E-state index contributed by atoms with van der Waals surface area (Å²) in [6.45, 7) is 10.8. The fourth-order valence-electron chi connectivity index (χ4n) is 8.75. The second-order valence-electron chi connectivity index (χ2n) is 18.3. The third-order valence-electron chi connectivity index (χ3n) is 12.0. The Balaban J connectivity index is 0.000000209. The monoisotopic (exact) mass is 1080 g/mol. The zero-order valence-electron chi connectivity index (χ0n) is 41.4. The Morgan fingerprint density at radius 3 is 2.05 bits per heavy atom. The largest absolute Gasteiger partial charge is 0 e. The summed E-state index contributed by atoms with van der Waals surface area (Å²) < 4.78 is 37.0. The van der Waals surface area contributed by atoms with Crippen molar-refractivity contribution in [1.29, 1.82) is 0 Å². The first kappa shape index (κ1) is 39.7. The van der Waals surface area contributed by atoms with E-state index in [4.69, 9.17) is 10.5 Å². The molecule has 3 heterocycles. The predicted octanol–water partition coefficient (Wildman–Crippen LogP) is 15.9. The summed E-state index contributed by atoms with van der Waals surface area (Å²) in [5, 5.41) is 7.71. The number of pyridine rings is 1. The van der Waals surface area contributed by atoms with Crippen molar-refractivity contribution in [2.75, 3.05) is 0 Å². The molecular formula is C57H55GeIrN3S-2. The summed E-state index contributed by atoms with van der Waals surface area (Å²) >= 11 is -0.295. The molecule has 0 fully saturated rings. The van der Waals surface area contributed by atoms with Gasteiger partial charge in [-0.3, -0.25) is 4.98 Å². The van der Waals surface area contributed by atoms with E-state index in [-0.39, 0.29) is 25.7 Å². The average molecular weight is 1080 g/mol. The number of para-hydroxylation sites is 3. The maximum absolute atomic E-state index is 8.49. The summed E-state index contributed by atoms with van der Waals surface area (Å²) in [7, 11) is 0. The zero-order chi connectivity index (χ0) is 46.9. The van der Waals surface area contributed by atoms with E-state index in [0.29, 0.717) is 11.8 Å². The van der Waals surface area contributed by atoms with Gasteiger partial charge in [0.05, 0.1) is 16.9 Å². The van der Waals surface area contributed by atoms with E-state index in [1.807, 2.05) is 37.4 Å². The number of fused-ring (bicyclic) bond motifs is 7. The first-order valence-electron chi connectivity index (χ1n) is 23.6. The number of nitrogens with zero attached hydrogens (tertiary/aromatic N) is 3. The number of hydrogen-bond donors (Lipinski definition) is 0. The fraction of sp³-hybridized carbons (Fsp3) is 0.228. The number of imidazole rings is 1. The van der Waals surface area contributed by atoms with Crippen molar-refractivity contribution in [2.45, 2.75) is 83.4 Å². The minimum atomic E-state index is -2.14. The molecule has 0 saturated heterocycles. The number of aromatic nitrogens is 3. The molecule has 6 heteroatoms. The zero-order valence-corrected chi connectivity index (χ0v) is 42.7. The van der Waals surface area contributed by atoms with Crippen LogP contribution in [0.25, 0.3) is 81.1 Å². The maximum Gasteiger partial charge on any atom is 0 e. The minimum absolute atomic E-state index is 0. The Morgan fingerprint density at radius 2 is 1.35 bits per heavy atom. The molecule has 10 aromatic rings. The van der Waals surface area contributed by atoms with Crippen LogP contribution < -0.4 is 4.40 Å². The first-order valence-corrected chi connectivity index (χ1v) is 29.8. The Labute approximate surface area is 399 Å². The van der Waals surface area contributed by atoms with Gasteiger partial charge < -0.3 is 4.57 Å². The Hall–Kier alpha value is -4.91. The van der Waals surface area contributed by atoms with Crippen LogP contribution in [0.5, 0.6) is 0 Å². The Kier molecular flexibility index (Phi) is 11.3. The van der Waals surface area contributed by atoms with E-state index in [1.165, 1.54) is 69.0 Å². The van der Waals surface area contributed by atoms with Crippen LogP contribution in [0.4, 0.5) is 0 Å². The molecule has 3 aromatic heterocycles. The smallest absolute Gasteiger partial charge is 0 e. The van der Waals surface area contributed by atoms with Crippen LogP contribution >= 0.6 is 11.3 Å². The van der Waals surface area contributed by atoms with Crippen molar-refractivity contribution in [1.82, 2.24) is 14.5 Å². The van der Waals surface area contributed by atoms with Gasteiger partial charge in [0.15, 0.2) is 0 Å². The van der Waals surface area contributed by atoms with E-state index < -0.39 is 26.0 Å². The molecule has 0 aliphatic heterocycles. The fourth-order valence-corrected chi connectivity index (χ4v) is 13.2. The second kappa shape index (κ2) is 17.9. The van der Waals surface area contributed by atoms with Crippen LogP contribution in [-0.4, -0.2) is 27.8 Å². The van der Waals surface area contributed by atoms with Crippen molar-refractivity contribution >= 4 is 81.7 Å². The third kappa shape index (κ3) is 8.58. The van der Waals surface area contributed by atoms with Gasteiger partial charge in [0, 0.05) is 30.5 Å². The predicted molar refractivity (Wildman–Crippen MR) is 272 cm³/mol. The van der Waals surface area contributed by atoms with Gasteiger partial charge in [0.2, 0.25) is 0 Å². The van der Waals surface area contributed by atoms with Crippen LogP contribution in [0.3, 0.4) is 0 Å². The van der Waals surface area contributed by atoms with Crippen LogP contribution in [-0.2, 0) is 20.1 Å². The third-order valence-corrected chi connectivity index (χ3v) is 17.3. The number of hydrogen-bond acceptors (Lipinski definition) is 3. The van der Waals surface area contributed by atoms with Gasteiger partial charge in [-0.1, -0.05) is 99.8 Å². The van der Waals surface area contributed by atoms with Crippen molar-refractivity contribution in [3.63, 3.8) is 0 Å². The molecule has 10 rings (SSSR count). The van der Waals surface area contributed by atoms with Gasteiger partial charge in [0.1, 0.15) is 0 Å². The number of thiophene rings is 1. The van der Waals surface area contributed by atoms with Crippen molar-refractivity contribution < 1.29 is 25.6 Å². The molecule has 7 aromatic carbocycles. The minimum Gasteiger partial charge on any atom is 0 e. The van der Waals surface area contributed by atoms with Crippen LogP contribution in [0.15, 0.2) is 134 Å². The van der Waals surface area contributed by atoms with Gasteiger partial charge in [-0.2, -0.15) is 11.3 Å². The number of rotatable bonds is 7. The molecule has 0 amide bonds. The Morgan fingerprint density at radius 1 is 0.651 bits per heavy atom. The van der Waals surface area contributed by atoms with Gasteiger partial charge >= 0.3 is 131 Å². The van der Waals surface area contributed by atoms with Crippen molar-refractivity contribution in [3.05, 3.63) is 168 Å². The average Bonchev–Trinajstić information content (AvgIpc) is 3.85. The molecular weight excluding hydrogens is 1020 g/mol. The van der Waals surface area contributed by atoms with E-state index in [2.05, 4.69) is 170 Å². The second-order valence-corrected chi connectivity index (χ2v) is 29.9. The van der Waals surface area contributed by atoms with Crippen LogP contribution in [0.2, 0.25) is 17.3 Å². The van der Waals surface area contributed by atoms with E-state index in [0.717, 1.165) is 39.2 Å². The molecule has 0 unspecified atom stereocenters. The summed E-state index contributed by atoms with van der Waals surface area (Å²) in [5.74, 6) is 7.88. The standard InChI is InChI=1S/C39H31N2S.C18H24GeN.Ir/c1-23(2)28-12-9-13-29(24(3)4)38(28)41-35-15-8-7-14-34(35)40-39(41)27-18-19-36-32(20-27)33-22-31-26(21-37(33)42-36)17-16-25-10-5-6-11-30(25)31;1-13(2)16-11-18(15-9-7-14(3)8-10-15)20-12-17(16)19(4,5)6;/h5-17,19-24H,1-4H3;7-9,11-13H,1-6H3;/q2*-1;/i;3D3,13D;. The number of aryl methyl sites for hydroxylation is 1. The molecule has 1 radical (unpaired) electrons. The molecule has 0 saturated carbocycles. The SMILES string of the molecule is CC(C)c1cccc(C(C)C)c1-n1c(-c2[c-]cc3sc4cc5ccc6ccccc6c5cc4c3c2)nc2ccccc21.[2H]C([2H])([2H])c1c[c-]c(-c2cc(C([2H])(C)C)[c]([Ge]([CH3])([CH3])[CH3])cn2)cc1.[Ir]. The molecule has 0 N–H and O–H groups in total. The summed E-state index contributed by atoms with van der Waals surface area (Å²) in [4.78, 5) is 9.83. The van der Waals surface area contributed by atoms with E-state index in [9.17, 15) is 0 Å². The van der Waals surface area contributed by atoms with Crippen molar-refractivity contribution in [2.24, 2.45) is 0 Å². The molecule has 0 atom stereocenters. The molecule has 3 nitrogen and oxygen atoms in total. The topological polar surface area (TPSA) is 30.7 Å². The summed E-state index contributed by atoms with van der Waals surface area (Å²) in [6.07, 6.45) is 1.91. The van der Waals surface area contributed by atoms with E-state index >= 15 is 0 Å². The van der Waals surface area contributed by atoms with Gasteiger partial charge in [-0.25, -0.2) is 0 Å². The van der Waals surface area contributed by atoms with Crippen molar-refractivity contribution in [3.8, 4) is 28.3 Å². The van der Waals surface area contributed by atoms with Gasteiger partial charge in [-0.15, -0.1) is 23.8 Å². The quantitative estimate of drug-likeness (QED) is 0.0905. The first-order chi connectivity index (χ1) is 31.3. The maximum atomic E-state index is 8.49. The summed E-state index contributed by atoms with van der Waals surface area (Å²) in [6, 6.07) is 51.2. The molecule has 319 valence electrons. The Bertz CT molecular complexity index is 3420. The number of benzene rings is 7. The van der Waals surface area contributed by atoms with Crippen LogP contribution in [0.1, 0.15) is 87.0 Å². The molecule has 0 bridgehead atoms. The van der Waals surface area contributed by atoms with Gasteiger partial charge in [-0.05, 0) is 78.9 Å². The molecule has 0 spiro atoms.